The Bertz CT molecular complexity index is 320. The van der Waals surface area contributed by atoms with E-state index in [4.69, 9.17) is 0 Å². The van der Waals surface area contributed by atoms with E-state index in [2.05, 4.69) is 48.7 Å². The normalized spacial score (nSPS) is 16.4. The fourth-order valence-electron chi connectivity index (χ4n) is 1.87. The molecule has 14 heavy (non-hydrogen) atoms. The van der Waals surface area contributed by atoms with Gasteiger partial charge in [-0.1, -0.05) is 42.0 Å². The zero-order valence-corrected chi connectivity index (χ0v) is 8.66. The molecule has 0 saturated carbocycles. The topological polar surface area (TPSA) is 12.0 Å². The van der Waals surface area contributed by atoms with E-state index in [0.717, 1.165) is 6.54 Å². The number of nitrogens with one attached hydrogen (secondary N) is 1. The number of hydrogen-bond acceptors (Lipinski definition) is 1. The monoisotopic (exact) mass is 187 g/mol. The van der Waals surface area contributed by atoms with Crippen molar-refractivity contribution in [1.82, 2.24) is 5.32 Å². The summed E-state index contributed by atoms with van der Waals surface area (Å²) in [6.07, 6.45) is 6.89. The lowest BCUT2D eigenvalue weighted by Gasteiger charge is -2.11. The van der Waals surface area contributed by atoms with Crippen LogP contribution in [0.4, 0.5) is 0 Å². The maximum Gasteiger partial charge on any atom is 0.0208 e. The van der Waals surface area contributed by atoms with Gasteiger partial charge >= 0.3 is 0 Å². The van der Waals surface area contributed by atoms with Gasteiger partial charge in [0.05, 0.1) is 0 Å². The Labute approximate surface area is 85.8 Å². The molecule has 0 unspecified atom stereocenters. The first-order chi connectivity index (χ1) is 6.84. The molecular weight excluding hydrogens is 170 g/mol. The highest BCUT2D eigenvalue weighted by atomic mass is 14.9. The van der Waals surface area contributed by atoms with Gasteiger partial charge in [0.15, 0.2) is 0 Å². The van der Waals surface area contributed by atoms with Crippen LogP contribution in [0.3, 0.4) is 0 Å². The second-order valence-electron chi connectivity index (χ2n) is 4.01. The highest BCUT2D eigenvalue weighted by Crippen LogP contribution is 2.10. The van der Waals surface area contributed by atoms with Gasteiger partial charge in [-0.25, -0.2) is 0 Å². The quantitative estimate of drug-likeness (QED) is 0.717. The molecule has 2 rings (SSSR count). The van der Waals surface area contributed by atoms with Gasteiger partial charge in [0.1, 0.15) is 0 Å². The van der Waals surface area contributed by atoms with Crippen molar-refractivity contribution in [2.45, 2.75) is 32.4 Å². The van der Waals surface area contributed by atoms with Crippen LogP contribution in [0.15, 0.2) is 36.4 Å². The molecule has 1 N–H and O–H groups in total. The average molecular weight is 187 g/mol. The molecule has 1 aromatic carbocycles. The van der Waals surface area contributed by atoms with Crippen molar-refractivity contribution < 1.29 is 0 Å². The van der Waals surface area contributed by atoms with Crippen LogP contribution in [-0.2, 0) is 6.54 Å². The van der Waals surface area contributed by atoms with Crippen molar-refractivity contribution in [1.29, 1.82) is 0 Å². The SMILES string of the molecule is Cc1cccc(CNC2CC=CC2)c1. The second-order valence-corrected chi connectivity index (χ2v) is 4.01. The Kier molecular flexibility index (Phi) is 3.00. The Morgan fingerprint density at radius 3 is 2.79 bits per heavy atom. The lowest BCUT2D eigenvalue weighted by atomic mass is 10.1. The smallest absolute Gasteiger partial charge is 0.0208 e. The third-order valence-corrected chi connectivity index (χ3v) is 2.69. The van der Waals surface area contributed by atoms with Crippen molar-refractivity contribution in [3.8, 4) is 0 Å². The summed E-state index contributed by atoms with van der Waals surface area (Å²) < 4.78 is 0. The van der Waals surface area contributed by atoms with Crippen molar-refractivity contribution in [3.63, 3.8) is 0 Å². The lowest BCUT2D eigenvalue weighted by molar-refractivity contribution is 0.538. The average Bonchev–Trinajstić information content (AvgIpc) is 2.67. The maximum atomic E-state index is 3.56. The Morgan fingerprint density at radius 2 is 2.07 bits per heavy atom. The Morgan fingerprint density at radius 1 is 1.29 bits per heavy atom. The Balaban J connectivity index is 1.85. The van der Waals surface area contributed by atoms with Gasteiger partial charge in [-0.15, -0.1) is 0 Å². The van der Waals surface area contributed by atoms with Crippen molar-refractivity contribution in [2.75, 3.05) is 0 Å². The van der Waals surface area contributed by atoms with Crippen LogP contribution in [0.25, 0.3) is 0 Å². The van der Waals surface area contributed by atoms with E-state index in [1.54, 1.807) is 0 Å². The molecule has 0 aromatic heterocycles. The molecule has 0 amide bonds. The predicted octanol–water partition coefficient (Wildman–Crippen LogP) is 2.80. The summed E-state index contributed by atoms with van der Waals surface area (Å²) in [4.78, 5) is 0. The highest BCUT2D eigenvalue weighted by Gasteiger charge is 2.08. The highest BCUT2D eigenvalue weighted by molar-refractivity contribution is 5.22. The summed E-state index contributed by atoms with van der Waals surface area (Å²) >= 11 is 0. The van der Waals surface area contributed by atoms with E-state index < -0.39 is 0 Å². The van der Waals surface area contributed by atoms with E-state index >= 15 is 0 Å². The number of hydrogen-bond donors (Lipinski definition) is 1. The van der Waals surface area contributed by atoms with Crippen LogP contribution in [0.1, 0.15) is 24.0 Å². The summed E-state index contributed by atoms with van der Waals surface area (Å²) in [5, 5.41) is 3.56. The van der Waals surface area contributed by atoms with Gasteiger partial charge < -0.3 is 5.32 Å². The Hall–Kier alpha value is -1.08. The zero-order valence-electron chi connectivity index (χ0n) is 8.66. The maximum absolute atomic E-state index is 3.56. The molecular formula is C13H17N. The molecule has 0 bridgehead atoms. The summed E-state index contributed by atoms with van der Waals surface area (Å²) in [7, 11) is 0. The van der Waals surface area contributed by atoms with Gasteiger partial charge in [0, 0.05) is 12.6 Å². The predicted molar refractivity (Wildman–Crippen MR) is 60.2 cm³/mol. The van der Waals surface area contributed by atoms with Crippen LogP contribution in [0, 0.1) is 6.92 Å². The van der Waals surface area contributed by atoms with Crippen molar-refractivity contribution in [2.24, 2.45) is 0 Å². The summed E-state index contributed by atoms with van der Waals surface area (Å²) in [5.74, 6) is 0. The van der Waals surface area contributed by atoms with Crippen LogP contribution < -0.4 is 5.32 Å². The van der Waals surface area contributed by atoms with Crippen molar-refractivity contribution >= 4 is 0 Å². The van der Waals surface area contributed by atoms with E-state index in [1.807, 2.05) is 0 Å². The van der Waals surface area contributed by atoms with Crippen LogP contribution in [0.5, 0.6) is 0 Å². The molecule has 0 aliphatic heterocycles. The first-order valence-electron chi connectivity index (χ1n) is 5.28. The van der Waals surface area contributed by atoms with Gasteiger partial charge in [-0.2, -0.15) is 0 Å². The summed E-state index contributed by atoms with van der Waals surface area (Å²) in [6, 6.07) is 9.35. The fraction of sp³-hybridized carbons (Fsp3) is 0.385. The van der Waals surface area contributed by atoms with Gasteiger partial charge in [-0.05, 0) is 25.3 Å². The van der Waals surface area contributed by atoms with Crippen LogP contribution in [-0.4, -0.2) is 6.04 Å². The third kappa shape index (κ3) is 2.46. The largest absolute Gasteiger partial charge is 0.309 e. The molecule has 1 nitrogen and oxygen atoms in total. The lowest BCUT2D eigenvalue weighted by Crippen LogP contribution is -2.25. The number of rotatable bonds is 3. The molecule has 0 spiro atoms. The fourth-order valence-corrected chi connectivity index (χ4v) is 1.87. The van der Waals surface area contributed by atoms with Gasteiger partial charge in [-0.3, -0.25) is 0 Å². The van der Waals surface area contributed by atoms with Gasteiger partial charge in [0.2, 0.25) is 0 Å². The standard InChI is InChI=1S/C13H17N/c1-11-5-4-6-12(9-11)10-14-13-7-2-3-8-13/h2-6,9,13-14H,7-8,10H2,1H3. The van der Waals surface area contributed by atoms with Crippen LogP contribution in [0.2, 0.25) is 0 Å². The molecule has 1 heteroatoms. The molecule has 1 aromatic rings. The number of benzene rings is 1. The van der Waals surface area contributed by atoms with E-state index in [1.165, 1.54) is 24.0 Å². The van der Waals surface area contributed by atoms with E-state index in [0.29, 0.717) is 6.04 Å². The second kappa shape index (κ2) is 4.43. The molecule has 0 atom stereocenters. The molecule has 0 radical (unpaired) electrons. The van der Waals surface area contributed by atoms with Gasteiger partial charge in [0.25, 0.3) is 0 Å². The van der Waals surface area contributed by atoms with E-state index in [-0.39, 0.29) is 0 Å². The molecule has 74 valence electrons. The molecule has 0 fully saturated rings. The summed E-state index contributed by atoms with van der Waals surface area (Å²) in [6.45, 7) is 3.13. The minimum absolute atomic E-state index is 0.663. The van der Waals surface area contributed by atoms with E-state index in [9.17, 15) is 0 Å². The third-order valence-electron chi connectivity index (χ3n) is 2.69. The summed E-state index contributed by atoms with van der Waals surface area (Å²) in [5.41, 5.74) is 2.73. The molecule has 0 saturated heterocycles. The zero-order chi connectivity index (χ0) is 9.80. The minimum atomic E-state index is 0.663. The first-order valence-corrected chi connectivity index (χ1v) is 5.28. The van der Waals surface area contributed by atoms with Crippen LogP contribution >= 0.6 is 0 Å². The number of aryl methyl sites for hydroxylation is 1. The minimum Gasteiger partial charge on any atom is -0.309 e. The first kappa shape index (κ1) is 9.47. The molecule has 0 heterocycles. The van der Waals surface area contributed by atoms with Crippen molar-refractivity contribution in [3.05, 3.63) is 47.5 Å². The molecule has 1 aliphatic rings. The molecule has 1 aliphatic carbocycles.